The van der Waals surface area contributed by atoms with Crippen molar-refractivity contribution in [2.75, 3.05) is 6.61 Å². The van der Waals surface area contributed by atoms with Crippen LogP contribution in [0.5, 0.6) is 0 Å². The maximum Gasteiger partial charge on any atom is 0.307 e. The van der Waals surface area contributed by atoms with Gasteiger partial charge < -0.3 is 39.0 Å². The number of fused-ring (bicyclic) bond motifs is 3. The SMILES string of the molecule is C=C(C)[C@@]12O[C@@]3(/C=C/C=C/CCCCC)O[C@@H]1[C@@H]1[C@@H]4O[C@]4(CO)[C@@H](O)[C@]4(O)C(=O)C(C)=C[C@H]4C1(O3)[C@H](C)[C@H]2OC(=O)CC. The Morgan fingerprint density at radius 3 is 2.56 bits per heavy atom. The molecule has 3 saturated heterocycles. The normalized spacial score (nSPS) is 49.1. The van der Waals surface area contributed by atoms with E-state index in [2.05, 4.69) is 13.5 Å². The predicted octanol–water partition coefficient (Wildman–Crippen LogP) is 2.80. The number of unbranched alkanes of at least 4 members (excludes halogenated alkanes) is 3. The predicted molar refractivity (Wildman–Crippen MR) is 153 cm³/mol. The van der Waals surface area contributed by atoms with Crippen molar-refractivity contribution in [2.24, 2.45) is 17.8 Å². The van der Waals surface area contributed by atoms with E-state index in [-0.39, 0.29) is 12.0 Å². The van der Waals surface area contributed by atoms with Crippen LogP contribution in [0.2, 0.25) is 0 Å². The maximum absolute atomic E-state index is 13.7. The van der Waals surface area contributed by atoms with E-state index in [1.165, 1.54) is 0 Å². The zero-order chi connectivity index (χ0) is 31.2. The second kappa shape index (κ2) is 10.2. The molecule has 3 aliphatic heterocycles. The minimum absolute atomic E-state index is 0.106. The van der Waals surface area contributed by atoms with Gasteiger partial charge in [-0.2, -0.15) is 0 Å². The van der Waals surface area contributed by atoms with Gasteiger partial charge in [-0.25, -0.2) is 0 Å². The molecular formula is C33H44O10. The van der Waals surface area contributed by atoms with E-state index in [0.29, 0.717) is 5.57 Å². The third-order valence-corrected chi connectivity index (χ3v) is 10.8. The van der Waals surface area contributed by atoms with Gasteiger partial charge in [0.25, 0.3) is 0 Å². The van der Waals surface area contributed by atoms with Crippen molar-refractivity contribution in [3.05, 3.63) is 48.1 Å². The van der Waals surface area contributed by atoms with Gasteiger partial charge in [-0.05, 0) is 37.8 Å². The van der Waals surface area contributed by atoms with Crippen LogP contribution in [0.25, 0.3) is 0 Å². The van der Waals surface area contributed by atoms with E-state index < -0.39 is 88.9 Å². The Labute approximate surface area is 252 Å². The van der Waals surface area contributed by atoms with Crippen molar-refractivity contribution in [1.29, 1.82) is 0 Å². The zero-order valence-electron chi connectivity index (χ0n) is 25.6. The molecular weight excluding hydrogens is 556 g/mol. The number of ketones is 1. The molecule has 5 fully saturated rings. The number of aliphatic hydroxyl groups excluding tert-OH is 2. The molecule has 0 amide bonds. The Balaban J connectivity index is 1.55. The summed E-state index contributed by atoms with van der Waals surface area (Å²) in [5.74, 6) is -5.49. The minimum Gasteiger partial charge on any atom is -0.458 e. The van der Waals surface area contributed by atoms with Gasteiger partial charge in [-0.1, -0.05) is 64.5 Å². The first-order chi connectivity index (χ1) is 20.4. The van der Waals surface area contributed by atoms with Crippen LogP contribution in [-0.2, 0) is 33.3 Å². The van der Waals surface area contributed by atoms with Gasteiger partial charge >= 0.3 is 11.9 Å². The molecule has 0 aromatic rings. The first-order valence-corrected chi connectivity index (χ1v) is 15.6. The highest BCUT2D eigenvalue weighted by atomic mass is 16.9. The van der Waals surface area contributed by atoms with Crippen LogP contribution < -0.4 is 0 Å². The number of allylic oxidation sites excluding steroid dienone is 3. The van der Waals surface area contributed by atoms with Gasteiger partial charge in [0, 0.05) is 30.3 Å². The number of aliphatic hydroxyl groups is 3. The van der Waals surface area contributed by atoms with Gasteiger partial charge in [0.1, 0.15) is 30.0 Å². The highest BCUT2D eigenvalue weighted by Crippen LogP contribution is 2.73. The summed E-state index contributed by atoms with van der Waals surface area (Å²) >= 11 is 0. The minimum atomic E-state index is -2.38. The van der Waals surface area contributed by atoms with Crippen LogP contribution in [0.3, 0.4) is 0 Å². The summed E-state index contributed by atoms with van der Waals surface area (Å²) in [6, 6.07) is 0. The molecule has 3 heterocycles. The highest BCUT2D eigenvalue weighted by Gasteiger charge is 2.90. The third kappa shape index (κ3) is 3.78. The Kier molecular flexibility index (Phi) is 7.29. The molecule has 2 saturated carbocycles. The first-order valence-electron chi connectivity index (χ1n) is 15.6. The maximum atomic E-state index is 13.7. The summed E-state index contributed by atoms with van der Waals surface area (Å²) in [4.78, 5) is 26.6. The van der Waals surface area contributed by atoms with Crippen LogP contribution in [-0.4, -0.2) is 86.5 Å². The number of hydrogen-bond acceptors (Lipinski definition) is 10. The summed E-state index contributed by atoms with van der Waals surface area (Å²) in [7, 11) is 0. The standard InChI is InChI=1S/C33H44O10/c1-7-9-10-11-12-13-14-15-30-41-27-23-26-29(17-34,40-26)28(37)31(38)21(16-19(5)24(31)36)33(23,43-30)20(6)25(39-22(35)8-2)32(27,42-30)18(3)4/h12-16,20-21,23,25-28,34,37-38H,3,7-11,17H2,1-2,4-6H3/b13-12+,15-14+/t20-,21-,23+,25-,26+,27-,28-,29+,30-,31-,32+,33?/m1/s1. The topological polar surface area (TPSA) is 144 Å². The molecule has 43 heavy (non-hydrogen) atoms. The summed E-state index contributed by atoms with van der Waals surface area (Å²) < 4.78 is 32.7. The number of hydrogen-bond donors (Lipinski definition) is 3. The quantitative estimate of drug-likeness (QED) is 0.113. The average Bonchev–Trinajstić information content (AvgIpc) is 3.61. The molecule has 0 aromatic heterocycles. The summed E-state index contributed by atoms with van der Waals surface area (Å²) in [6.45, 7) is 12.7. The number of rotatable bonds is 10. The molecule has 0 spiro atoms. The average molecular weight is 601 g/mol. The summed E-state index contributed by atoms with van der Waals surface area (Å²) in [5, 5.41) is 34.6. The number of epoxide rings is 1. The Morgan fingerprint density at radius 2 is 1.91 bits per heavy atom. The number of ether oxygens (including phenoxy) is 5. The van der Waals surface area contributed by atoms with E-state index in [4.69, 9.17) is 23.7 Å². The van der Waals surface area contributed by atoms with Crippen molar-refractivity contribution in [3.63, 3.8) is 0 Å². The number of esters is 1. The van der Waals surface area contributed by atoms with E-state index in [1.54, 1.807) is 39.0 Å². The van der Waals surface area contributed by atoms with Crippen LogP contribution in [0, 0.1) is 17.8 Å². The van der Waals surface area contributed by atoms with Gasteiger partial charge in [-0.3, -0.25) is 9.59 Å². The largest absolute Gasteiger partial charge is 0.458 e. The van der Waals surface area contributed by atoms with Crippen LogP contribution >= 0.6 is 0 Å². The lowest BCUT2D eigenvalue weighted by molar-refractivity contribution is -0.407. The Bertz CT molecular complexity index is 1300. The first kappa shape index (κ1) is 30.8. The number of Topliss-reactive ketones (excluding diaryl/α,β-unsaturated/α-hetero) is 1. The highest BCUT2D eigenvalue weighted by molar-refractivity contribution is 6.05. The van der Waals surface area contributed by atoms with Crippen LogP contribution in [0.1, 0.15) is 66.7 Å². The van der Waals surface area contributed by atoms with E-state index in [9.17, 15) is 24.9 Å². The zero-order valence-corrected chi connectivity index (χ0v) is 25.6. The molecule has 10 nitrogen and oxygen atoms in total. The molecule has 0 aromatic carbocycles. The smallest absolute Gasteiger partial charge is 0.307 e. The molecule has 3 N–H and O–H groups in total. The van der Waals surface area contributed by atoms with E-state index >= 15 is 0 Å². The molecule has 236 valence electrons. The lowest BCUT2D eigenvalue weighted by Gasteiger charge is -2.61. The Hall–Kier alpha value is -2.18. The van der Waals surface area contributed by atoms with Crippen LogP contribution in [0.4, 0.5) is 0 Å². The number of carbonyl (C=O) groups is 2. The molecule has 0 radical (unpaired) electrons. The Morgan fingerprint density at radius 1 is 1.16 bits per heavy atom. The van der Waals surface area contributed by atoms with Crippen molar-refractivity contribution in [3.8, 4) is 0 Å². The molecule has 3 bridgehead atoms. The fraction of sp³-hybridized carbons (Fsp3) is 0.697. The molecule has 10 heteroatoms. The monoisotopic (exact) mass is 600 g/mol. The molecule has 1 unspecified atom stereocenters. The second-order valence-corrected chi connectivity index (χ2v) is 13.2. The number of carbonyl (C=O) groups excluding carboxylic acids is 2. The van der Waals surface area contributed by atoms with E-state index in [0.717, 1.165) is 25.7 Å². The van der Waals surface area contributed by atoms with E-state index in [1.807, 2.05) is 19.1 Å². The van der Waals surface area contributed by atoms with Gasteiger partial charge in [-0.15, -0.1) is 0 Å². The van der Waals surface area contributed by atoms with Crippen molar-refractivity contribution >= 4 is 11.8 Å². The van der Waals surface area contributed by atoms with Gasteiger partial charge in [0.05, 0.1) is 12.2 Å². The molecule has 6 aliphatic rings. The molecule has 12 atom stereocenters. The third-order valence-electron chi connectivity index (χ3n) is 10.8. The fourth-order valence-corrected chi connectivity index (χ4v) is 8.71. The van der Waals surface area contributed by atoms with Crippen molar-refractivity contribution in [2.45, 2.75) is 120 Å². The van der Waals surface area contributed by atoms with Crippen molar-refractivity contribution in [1.82, 2.24) is 0 Å². The van der Waals surface area contributed by atoms with Crippen molar-refractivity contribution < 1.29 is 48.6 Å². The fourth-order valence-electron chi connectivity index (χ4n) is 8.71. The molecule has 3 aliphatic carbocycles. The lowest BCUT2D eigenvalue weighted by Crippen LogP contribution is -2.76. The summed E-state index contributed by atoms with van der Waals surface area (Å²) in [6.07, 6.45) is 8.85. The summed E-state index contributed by atoms with van der Waals surface area (Å²) in [5.41, 5.74) is -6.12. The van der Waals surface area contributed by atoms with Gasteiger partial charge in [0.2, 0.25) is 0 Å². The lowest BCUT2D eigenvalue weighted by atomic mass is 9.53. The van der Waals surface area contributed by atoms with Gasteiger partial charge in [0.15, 0.2) is 17.0 Å². The molecule has 6 rings (SSSR count). The van der Waals surface area contributed by atoms with Crippen LogP contribution in [0.15, 0.2) is 48.1 Å². The second-order valence-electron chi connectivity index (χ2n) is 13.2.